The van der Waals surface area contributed by atoms with Crippen LogP contribution in [-0.2, 0) is 4.74 Å². The molecule has 2 aliphatic rings. The van der Waals surface area contributed by atoms with Crippen LogP contribution in [0, 0.1) is 29.6 Å². The van der Waals surface area contributed by atoms with Gasteiger partial charge in [-0.25, -0.2) is 0 Å². The number of hydrogen-bond acceptors (Lipinski definition) is 1. The fourth-order valence-electron chi connectivity index (χ4n) is 4.05. The molecule has 18 heavy (non-hydrogen) atoms. The van der Waals surface area contributed by atoms with Crippen LogP contribution in [0.2, 0.25) is 0 Å². The molecular formula is C17H28O. The Kier molecular flexibility index (Phi) is 4.53. The highest BCUT2D eigenvalue weighted by molar-refractivity contribution is 5.12. The fourth-order valence-corrected chi connectivity index (χ4v) is 4.05. The summed E-state index contributed by atoms with van der Waals surface area (Å²) in [5.41, 5.74) is 1.61. The largest absolute Gasteiger partial charge is 0.505 e. The Morgan fingerprint density at radius 3 is 2.83 bits per heavy atom. The summed E-state index contributed by atoms with van der Waals surface area (Å²) >= 11 is 0. The molecular weight excluding hydrogens is 220 g/mol. The molecule has 2 rings (SSSR count). The van der Waals surface area contributed by atoms with E-state index >= 15 is 0 Å². The Balaban J connectivity index is 2.15. The van der Waals surface area contributed by atoms with E-state index < -0.39 is 0 Å². The highest BCUT2D eigenvalue weighted by Crippen LogP contribution is 2.48. The number of allylic oxidation sites excluding steroid dienone is 3. The SMILES string of the molecule is COC=C[C@H](C)[C@@H]1CC[C@@H](C)[C@@H]2CCC(C)=C[C@@H]21. The Labute approximate surface area is 112 Å². The summed E-state index contributed by atoms with van der Waals surface area (Å²) in [7, 11) is 1.74. The van der Waals surface area contributed by atoms with Crippen LogP contribution in [0.5, 0.6) is 0 Å². The van der Waals surface area contributed by atoms with Gasteiger partial charge in [-0.2, -0.15) is 0 Å². The minimum absolute atomic E-state index is 0.632. The molecule has 1 nitrogen and oxygen atoms in total. The first-order valence-electron chi connectivity index (χ1n) is 7.50. The Hall–Kier alpha value is -0.720. The van der Waals surface area contributed by atoms with Gasteiger partial charge in [-0.1, -0.05) is 31.9 Å². The van der Waals surface area contributed by atoms with Crippen LogP contribution in [0.25, 0.3) is 0 Å². The minimum atomic E-state index is 0.632. The van der Waals surface area contributed by atoms with Crippen molar-refractivity contribution in [2.75, 3.05) is 7.11 Å². The lowest BCUT2D eigenvalue weighted by molar-refractivity contribution is 0.0948. The monoisotopic (exact) mass is 248 g/mol. The summed E-state index contributed by atoms with van der Waals surface area (Å²) in [4.78, 5) is 0. The number of ether oxygens (including phenoxy) is 1. The van der Waals surface area contributed by atoms with Crippen molar-refractivity contribution in [3.63, 3.8) is 0 Å². The molecule has 0 amide bonds. The second-order valence-electron chi connectivity index (χ2n) is 6.43. The molecule has 0 bridgehead atoms. The summed E-state index contributed by atoms with van der Waals surface area (Å²) in [6, 6.07) is 0. The van der Waals surface area contributed by atoms with Crippen molar-refractivity contribution in [3.8, 4) is 0 Å². The molecule has 0 spiro atoms. The number of rotatable bonds is 3. The van der Waals surface area contributed by atoms with Gasteiger partial charge in [-0.3, -0.25) is 0 Å². The maximum absolute atomic E-state index is 5.09. The summed E-state index contributed by atoms with van der Waals surface area (Å²) in [6.07, 6.45) is 12.2. The number of hydrogen-bond donors (Lipinski definition) is 0. The molecule has 0 unspecified atom stereocenters. The molecule has 0 N–H and O–H groups in total. The van der Waals surface area contributed by atoms with Gasteiger partial charge >= 0.3 is 0 Å². The van der Waals surface area contributed by atoms with Crippen LogP contribution in [0.1, 0.15) is 46.5 Å². The lowest BCUT2D eigenvalue weighted by Crippen LogP contribution is -2.37. The van der Waals surface area contributed by atoms with Gasteiger partial charge in [0, 0.05) is 0 Å². The molecule has 0 aromatic carbocycles. The number of methoxy groups -OCH3 is 1. The second-order valence-corrected chi connectivity index (χ2v) is 6.43. The van der Waals surface area contributed by atoms with E-state index in [0.29, 0.717) is 5.92 Å². The van der Waals surface area contributed by atoms with Gasteiger partial charge in [0.25, 0.3) is 0 Å². The minimum Gasteiger partial charge on any atom is -0.505 e. The highest BCUT2D eigenvalue weighted by atomic mass is 16.5. The van der Waals surface area contributed by atoms with Crippen molar-refractivity contribution in [2.24, 2.45) is 29.6 Å². The Morgan fingerprint density at radius 2 is 2.11 bits per heavy atom. The van der Waals surface area contributed by atoms with Gasteiger partial charge in [0.05, 0.1) is 13.4 Å². The van der Waals surface area contributed by atoms with Gasteiger partial charge in [0.1, 0.15) is 0 Å². The normalized spacial score (nSPS) is 38.1. The molecule has 1 saturated carbocycles. The fraction of sp³-hybridized carbons (Fsp3) is 0.765. The molecule has 2 aliphatic carbocycles. The molecule has 0 aliphatic heterocycles. The van der Waals surface area contributed by atoms with Crippen LogP contribution >= 0.6 is 0 Å². The third kappa shape index (κ3) is 2.81. The molecule has 0 heterocycles. The quantitative estimate of drug-likeness (QED) is 0.515. The maximum Gasteiger partial charge on any atom is 0.0787 e. The summed E-state index contributed by atoms with van der Waals surface area (Å²) in [5.74, 6) is 4.08. The zero-order valence-corrected chi connectivity index (χ0v) is 12.4. The first-order valence-corrected chi connectivity index (χ1v) is 7.50. The van der Waals surface area contributed by atoms with Crippen LogP contribution < -0.4 is 0 Å². The molecule has 0 saturated heterocycles. The predicted molar refractivity (Wildman–Crippen MR) is 77.2 cm³/mol. The molecule has 1 fully saturated rings. The average molecular weight is 248 g/mol. The van der Waals surface area contributed by atoms with Gasteiger partial charge in [-0.05, 0) is 61.9 Å². The van der Waals surface area contributed by atoms with Gasteiger partial charge in [-0.15, -0.1) is 0 Å². The summed E-state index contributed by atoms with van der Waals surface area (Å²) in [5, 5.41) is 0. The molecule has 1 heteroatoms. The van der Waals surface area contributed by atoms with Crippen LogP contribution in [0.4, 0.5) is 0 Å². The van der Waals surface area contributed by atoms with Crippen LogP contribution in [0.15, 0.2) is 24.0 Å². The van der Waals surface area contributed by atoms with E-state index in [4.69, 9.17) is 4.74 Å². The third-order valence-electron chi connectivity index (χ3n) is 5.22. The van der Waals surface area contributed by atoms with Crippen LogP contribution in [-0.4, -0.2) is 7.11 Å². The van der Waals surface area contributed by atoms with Gasteiger partial charge < -0.3 is 4.74 Å². The van der Waals surface area contributed by atoms with Crippen molar-refractivity contribution in [1.29, 1.82) is 0 Å². The van der Waals surface area contributed by atoms with E-state index in [1.54, 1.807) is 12.7 Å². The van der Waals surface area contributed by atoms with Crippen molar-refractivity contribution < 1.29 is 4.74 Å². The van der Waals surface area contributed by atoms with Crippen molar-refractivity contribution >= 4 is 0 Å². The highest BCUT2D eigenvalue weighted by Gasteiger charge is 2.39. The summed E-state index contributed by atoms with van der Waals surface area (Å²) in [6.45, 7) is 7.12. The lowest BCUT2D eigenvalue weighted by Gasteiger charge is -2.45. The second kappa shape index (κ2) is 5.95. The predicted octanol–water partition coefficient (Wildman–Crippen LogP) is 4.80. The van der Waals surface area contributed by atoms with Crippen molar-refractivity contribution in [2.45, 2.75) is 46.5 Å². The molecule has 0 radical (unpaired) electrons. The van der Waals surface area contributed by atoms with Gasteiger partial charge in [0.2, 0.25) is 0 Å². The average Bonchev–Trinajstić information content (AvgIpc) is 2.36. The zero-order chi connectivity index (χ0) is 13.1. The number of fused-ring (bicyclic) bond motifs is 1. The molecule has 0 aromatic heterocycles. The molecule has 5 atom stereocenters. The smallest absolute Gasteiger partial charge is 0.0787 e. The van der Waals surface area contributed by atoms with E-state index in [9.17, 15) is 0 Å². The molecule has 0 aromatic rings. The lowest BCUT2D eigenvalue weighted by atomic mass is 9.60. The zero-order valence-electron chi connectivity index (χ0n) is 12.4. The van der Waals surface area contributed by atoms with E-state index in [1.165, 1.54) is 25.7 Å². The Morgan fingerprint density at radius 1 is 1.33 bits per heavy atom. The maximum atomic E-state index is 5.09. The van der Waals surface area contributed by atoms with E-state index in [-0.39, 0.29) is 0 Å². The Bertz CT molecular complexity index is 329. The topological polar surface area (TPSA) is 9.23 Å². The standard InChI is InChI=1S/C17H28O/c1-12-5-7-15-13(2)6-8-16(17(15)11-12)14(3)9-10-18-4/h9-11,13-17H,5-8H2,1-4H3/t13-,14+,15+,16+,17+/m1/s1. The van der Waals surface area contributed by atoms with Crippen LogP contribution in [0.3, 0.4) is 0 Å². The van der Waals surface area contributed by atoms with Gasteiger partial charge in [0.15, 0.2) is 0 Å². The van der Waals surface area contributed by atoms with E-state index in [0.717, 1.165) is 23.7 Å². The molecule has 102 valence electrons. The van der Waals surface area contributed by atoms with E-state index in [1.807, 2.05) is 6.26 Å². The van der Waals surface area contributed by atoms with E-state index in [2.05, 4.69) is 32.9 Å². The third-order valence-corrected chi connectivity index (χ3v) is 5.22. The first-order chi connectivity index (χ1) is 8.63. The summed E-state index contributed by atoms with van der Waals surface area (Å²) < 4.78 is 5.09. The van der Waals surface area contributed by atoms with Crippen molar-refractivity contribution in [3.05, 3.63) is 24.0 Å². The van der Waals surface area contributed by atoms with Crippen molar-refractivity contribution in [1.82, 2.24) is 0 Å². The first kappa shape index (κ1) is 13.7.